The van der Waals surface area contributed by atoms with Crippen LogP contribution in [0.4, 0.5) is 0 Å². The number of carbonyl (C=O) groups is 1. The van der Waals surface area contributed by atoms with Crippen molar-refractivity contribution in [2.75, 3.05) is 19.8 Å². The minimum Gasteiger partial charge on any atom is -0.464 e. The number of aliphatic hydroxyl groups excluding tert-OH is 1. The summed E-state index contributed by atoms with van der Waals surface area (Å²) in [6.07, 6.45) is -0.369. The van der Waals surface area contributed by atoms with Gasteiger partial charge < -0.3 is 19.2 Å². The number of amides is 1. The van der Waals surface area contributed by atoms with E-state index in [9.17, 15) is 9.90 Å². The second-order valence-electron chi connectivity index (χ2n) is 5.59. The molecule has 0 bridgehead atoms. The molecule has 2 heterocycles. The van der Waals surface area contributed by atoms with Crippen LogP contribution in [-0.4, -0.2) is 35.7 Å². The van der Waals surface area contributed by atoms with E-state index >= 15 is 0 Å². The Morgan fingerprint density at radius 1 is 1.30 bits per heavy atom. The molecule has 0 aliphatic carbocycles. The Balaban J connectivity index is 1.81. The highest BCUT2D eigenvalue weighted by Gasteiger charge is 2.34. The van der Waals surface area contributed by atoms with Gasteiger partial charge in [-0.2, -0.15) is 0 Å². The average molecular weight is 315 g/mol. The third-order valence-electron chi connectivity index (χ3n) is 4.12. The summed E-state index contributed by atoms with van der Waals surface area (Å²) in [5.74, 6) is 1.26. The molecule has 1 saturated heterocycles. The molecular formula is C18H21NO4. The summed E-state index contributed by atoms with van der Waals surface area (Å²) in [6.45, 7) is 3.30. The lowest BCUT2D eigenvalue weighted by molar-refractivity contribution is -0.150. The van der Waals surface area contributed by atoms with E-state index in [1.54, 1.807) is 17.0 Å². The Hall–Kier alpha value is -2.11. The van der Waals surface area contributed by atoms with Gasteiger partial charge in [0, 0.05) is 13.0 Å². The number of hydrogen-bond acceptors (Lipinski definition) is 4. The molecule has 1 aromatic heterocycles. The summed E-state index contributed by atoms with van der Waals surface area (Å²) in [6, 6.07) is 12.5. The van der Waals surface area contributed by atoms with Gasteiger partial charge in [-0.15, -0.1) is 0 Å². The van der Waals surface area contributed by atoms with Crippen LogP contribution >= 0.6 is 0 Å². The zero-order valence-electron chi connectivity index (χ0n) is 13.1. The fraction of sp³-hybridized carbons (Fsp3) is 0.389. The number of hydrogen-bond donors (Lipinski definition) is 1. The van der Waals surface area contributed by atoms with Crippen molar-refractivity contribution in [2.24, 2.45) is 0 Å². The Morgan fingerprint density at radius 2 is 2.09 bits per heavy atom. The van der Waals surface area contributed by atoms with Gasteiger partial charge in [-0.25, -0.2) is 0 Å². The third-order valence-corrected chi connectivity index (χ3v) is 4.12. The lowest BCUT2D eigenvalue weighted by Gasteiger charge is -2.35. The summed E-state index contributed by atoms with van der Waals surface area (Å²) in [5.41, 5.74) is 0.594. The van der Waals surface area contributed by atoms with Crippen molar-refractivity contribution in [1.82, 2.24) is 4.90 Å². The smallest absolute Gasteiger partial charge is 0.256 e. The monoisotopic (exact) mass is 315 g/mol. The van der Waals surface area contributed by atoms with E-state index in [0.717, 1.165) is 12.2 Å². The van der Waals surface area contributed by atoms with E-state index in [0.29, 0.717) is 31.1 Å². The Morgan fingerprint density at radius 3 is 2.78 bits per heavy atom. The first-order chi connectivity index (χ1) is 11.2. The maximum Gasteiger partial charge on any atom is 0.256 e. The van der Waals surface area contributed by atoms with Gasteiger partial charge in [0.2, 0.25) is 0 Å². The standard InChI is InChI=1S/C18H21NO4/c1-2-14-8-9-16(23-14)15-12-22-11-10-19(15)18(21)17(20)13-6-4-3-5-7-13/h3-9,15,17,20H,2,10-12H2,1H3. The zero-order chi connectivity index (χ0) is 16.2. The van der Waals surface area contributed by atoms with Crippen LogP contribution in [0, 0.1) is 0 Å². The van der Waals surface area contributed by atoms with Crippen LogP contribution in [0.1, 0.15) is 36.2 Å². The van der Waals surface area contributed by atoms with Crippen molar-refractivity contribution in [3.05, 3.63) is 59.5 Å². The van der Waals surface area contributed by atoms with Crippen molar-refractivity contribution < 1.29 is 19.1 Å². The molecule has 1 aliphatic heterocycles. The second-order valence-corrected chi connectivity index (χ2v) is 5.59. The second kappa shape index (κ2) is 6.98. The van der Waals surface area contributed by atoms with Crippen molar-refractivity contribution >= 4 is 5.91 Å². The fourth-order valence-corrected chi connectivity index (χ4v) is 2.80. The number of rotatable bonds is 4. The summed E-state index contributed by atoms with van der Waals surface area (Å²) >= 11 is 0. The highest BCUT2D eigenvalue weighted by atomic mass is 16.5. The highest BCUT2D eigenvalue weighted by Crippen LogP contribution is 2.29. The van der Waals surface area contributed by atoms with Crippen LogP contribution in [0.2, 0.25) is 0 Å². The minimum atomic E-state index is -1.17. The number of ether oxygens (including phenoxy) is 1. The normalized spacial score (nSPS) is 19.6. The van der Waals surface area contributed by atoms with Gasteiger partial charge in [0.05, 0.1) is 13.2 Å². The lowest BCUT2D eigenvalue weighted by Crippen LogP contribution is -2.45. The molecule has 0 radical (unpaired) electrons. The summed E-state index contributed by atoms with van der Waals surface area (Å²) < 4.78 is 11.3. The molecule has 0 saturated carbocycles. The number of furan rings is 1. The first-order valence-corrected chi connectivity index (χ1v) is 7.90. The third kappa shape index (κ3) is 3.30. The molecule has 2 aromatic rings. The number of carbonyl (C=O) groups excluding carboxylic acids is 1. The average Bonchev–Trinajstić information content (AvgIpc) is 3.10. The molecule has 1 N–H and O–H groups in total. The van der Waals surface area contributed by atoms with Crippen molar-refractivity contribution in [2.45, 2.75) is 25.5 Å². The van der Waals surface area contributed by atoms with Gasteiger partial charge in [-0.05, 0) is 17.7 Å². The lowest BCUT2D eigenvalue weighted by atomic mass is 10.1. The molecule has 5 nitrogen and oxygen atoms in total. The topological polar surface area (TPSA) is 62.9 Å². The van der Waals surface area contributed by atoms with Gasteiger partial charge >= 0.3 is 0 Å². The largest absolute Gasteiger partial charge is 0.464 e. The predicted molar refractivity (Wildman–Crippen MR) is 84.8 cm³/mol. The minimum absolute atomic E-state index is 0.296. The number of benzene rings is 1. The molecule has 23 heavy (non-hydrogen) atoms. The SMILES string of the molecule is CCc1ccc(C2COCCN2C(=O)C(O)c2ccccc2)o1. The maximum absolute atomic E-state index is 12.7. The van der Waals surface area contributed by atoms with E-state index in [1.165, 1.54) is 0 Å². The Bertz CT molecular complexity index is 652. The van der Waals surface area contributed by atoms with Crippen LogP contribution in [0.3, 0.4) is 0 Å². The van der Waals surface area contributed by atoms with Crippen LogP contribution in [-0.2, 0) is 16.0 Å². The van der Waals surface area contributed by atoms with E-state index in [2.05, 4.69) is 0 Å². The number of aryl methyl sites for hydroxylation is 1. The predicted octanol–water partition coefficient (Wildman–Crippen LogP) is 2.48. The maximum atomic E-state index is 12.7. The molecule has 2 unspecified atom stereocenters. The molecule has 5 heteroatoms. The van der Waals surface area contributed by atoms with Gasteiger partial charge in [0.15, 0.2) is 6.10 Å². The van der Waals surface area contributed by atoms with Crippen molar-refractivity contribution in [3.8, 4) is 0 Å². The van der Waals surface area contributed by atoms with Gasteiger partial charge in [0.25, 0.3) is 5.91 Å². The summed E-state index contributed by atoms with van der Waals surface area (Å²) in [5, 5.41) is 10.4. The first kappa shape index (κ1) is 15.8. The van der Waals surface area contributed by atoms with Crippen molar-refractivity contribution in [3.63, 3.8) is 0 Å². The van der Waals surface area contributed by atoms with E-state index < -0.39 is 6.10 Å². The van der Waals surface area contributed by atoms with Gasteiger partial charge in [-0.3, -0.25) is 4.79 Å². The van der Waals surface area contributed by atoms with Crippen LogP contribution < -0.4 is 0 Å². The number of nitrogens with zero attached hydrogens (tertiary/aromatic N) is 1. The molecule has 122 valence electrons. The molecule has 0 spiro atoms. The summed E-state index contributed by atoms with van der Waals surface area (Å²) in [4.78, 5) is 14.4. The molecule has 1 aromatic carbocycles. The van der Waals surface area contributed by atoms with Crippen molar-refractivity contribution in [1.29, 1.82) is 0 Å². The van der Waals surface area contributed by atoms with E-state index in [-0.39, 0.29) is 11.9 Å². The fourth-order valence-electron chi connectivity index (χ4n) is 2.80. The van der Waals surface area contributed by atoms with E-state index in [1.807, 2.05) is 37.3 Å². The molecule has 3 rings (SSSR count). The highest BCUT2D eigenvalue weighted by molar-refractivity contribution is 5.82. The molecule has 1 aliphatic rings. The van der Waals surface area contributed by atoms with E-state index in [4.69, 9.17) is 9.15 Å². The molecule has 1 amide bonds. The Kier molecular flexibility index (Phi) is 4.79. The number of morpholine rings is 1. The molecular weight excluding hydrogens is 294 g/mol. The van der Waals surface area contributed by atoms with Gasteiger partial charge in [0.1, 0.15) is 17.6 Å². The van der Waals surface area contributed by atoms with Gasteiger partial charge in [-0.1, -0.05) is 37.3 Å². The quantitative estimate of drug-likeness (QED) is 0.941. The van der Waals surface area contributed by atoms with Crippen LogP contribution in [0.25, 0.3) is 0 Å². The molecule has 2 atom stereocenters. The first-order valence-electron chi connectivity index (χ1n) is 7.90. The van der Waals surface area contributed by atoms with Crippen LogP contribution in [0.5, 0.6) is 0 Å². The zero-order valence-corrected chi connectivity index (χ0v) is 13.1. The van der Waals surface area contributed by atoms with Crippen LogP contribution in [0.15, 0.2) is 46.9 Å². The summed E-state index contributed by atoms with van der Waals surface area (Å²) in [7, 11) is 0. The molecule has 1 fully saturated rings. The Labute approximate surface area is 135 Å². The number of aliphatic hydroxyl groups is 1.